The van der Waals surface area contributed by atoms with E-state index in [0.29, 0.717) is 12.8 Å². The second kappa shape index (κ2) is 5.93. The van der Waals surface area contributed by atoms with E-state index in [1.165, 1.54) is 6.07 Å². The van der Waals surface area contributed by atoms with Gasteiger partial charge in [0.05, 0.1) is 17.7 Å². The maximum Gasteiger partial charge on any atom is 0.418 e. The maximum atomic E-state index is 12.8. The molecule has 1 saturated carbocycles. The summed E-state index contributed by atoms with van der Waals surface area (Å²) < 4.78 is 38.3. The summed E-state index contributed by atoms with van der Waals surface area (Å²) >= 11 is 0. The Kier molecular flexibility index (Phi) is 4.41. The third-order valence-corrected chi connectivity index (χ3v) is 3.67. The third kappa shape index (κ3) is 3.66. The van der Waals surface area contributed by atoms with Crippen LogP contribution in [-0.2, 0) is 6.18 Å². The van der Waals surface area contributed by atoms with Crippen LogP contribution in [0.25, 0.3) is 0 Å². The van der Waals surface area contributed by atoms with Crippen LogP contribution in [0.4, 0.5) is 18.9 Å². The molecule has 1 aromatic carbocycles. The lowest BCUT2D eigenvalue weighted by atomic mass is 9.92. The molecule has 2 rings (SSSR count). The first-order chi connectivity index (χ1) is 9.79. The Bertz CT molecular complexity index is 531. The Morgan fingerprint density at radius 2 is 1.95 bits per heavy atom. The number of carbonyl (C=O) groups is 1. The van der Waals surface area contributed by atoms with Gasteiger partial charge in [0.15, 0.2) is 0 Å². The Hall–Kier alpha value is -1.76. The fourth-order valence-electron chi connectivity index (χ4n) is 2.47. The van der Waals surface area contributed by atoms with Crippen LogP contribution in [0.5, 0.6) is 0 Å². The average Bonchev–Trinajstić information content (AvgIpc) is 2.40. The minimum atomic E-state index is -4.61. The topological polar surface area (TPSA) is 75.4 Å². The normalized spacial score (nSPS) is 22.9. The van der Waals surface area contributed by atoms with Gasteiger partial charge in [-0.1, -0.05) is 12.8 Å². The number of carbonyl (C=O) groups excluding carboxylic acids is 1. The summed E-state index contributed by atoms with van der Waals surface area (Å²) in [4.78, 5) is 12.0. The summed E-state index contributed by atoms with van der Waals surface area (Å²) in [5, 5.41) is 12.4. The number of benzene rings is 1. The van der Waals surface area contributed by atoms with Crippen LogP contribution in [0.1, 0.15) is 41.6 Å². The third-order valence-electron chi connectivity index (χ3n) is 3.67. The van der Waals surface area contributed by atoms with Crippen LogP contribution in [-0.4, -0.2) is 23.2 Å². The Morgan fingerprint density at radius 3 is 2.57 bits per heavy atom. The first-order valence-electron chi connectivity index (χ1n) is 6.74. The lowest BCUT2D eigenvalue weighted by Crippen LogP contribution is -2.45. The first kappa shape index (κ1) is 15.6. The molecule has 0 spiro atoms. The number of halogens is 3. The molecular weight excluding hydrogens is 285 g/mol. The van der Waals surface area contributed by atoms with E-state index in [4.69, 9.17) is 5.73 Å². The number of aliphatic hydroxyl groups is 1. The van der Waals surface area contributed by atoms with E-state index < -0.39 is 35.5 Å². The highest BCUT2D eigenvalue weighted by molar-refractivity contribution is 5.95. The lowest BCUT2D eigenvalue weighted by Gasteiger charge is -2.28. The fraction of sp³-hybridized carbons (Fsp3) is 0.500. The number of nitrogens with two attached hydrogens (primary N) is 1. The predicted molar refractivity (Wildman–Crippen MR) is 71.6 cm³/mol. The molecule has 1 aromatic rings. The summed E-state index contributed by atoms with van der Waals surface area (Å²) in [5.41, 5.74) is 3.73. The molecule has 0 saturated heterocycles. The van der Waals surface area contributed by atoms with Crippen molar-refractivity contribution in [2.75, 3.05) is 5.73 Å². The van der Waals surface area contributed by atoms with E-state index in [0.717, 1.165) is 25.0 Å². The van der Waals surface area contributed by atoms with E-state index in [9.17, 15) is 23.1 Å². The number of nitrogens with one attached hydrogen (secondary N) is 1. The van der Waals surface area contributed by atoms with Gasteiger partial charge in [0, 0.05) is 11.3 Å². The highest BCUT2D eigenvalue weighted by Gasteiger charge is 2.34. The molecule has 1 fully saturated rings. The van der Waals surface area contributed by atoms with Crippen molar-refractivity contribution >= 4 is 11.6 Å². The van der Waals surface area contributed by atoms with Crippen LogP contribution in [0.3, 0.4) is 0 Å². The van der Waals surface area contributed by atoms with Gasteiger partial charge in [0.25, 0.3) is 5.91 Å². The molecule has 0 bridgehead atoms. The number of nitrogen functional groups attached to an aromatic ring is 1. The predicted octanol–water partition coefficient (Wildman–Crippen LogP) is 2.32. The number of anilines is 1. The molecular formula is C14H17F3N2O2. The minimum absolute atomic E-state index is 0.116. The molecule has 1 aliphatic carbocycles. The van der Waals surface area contributed by atoms with Gasteiger partial charge in [0.1, 0.15) is 0 Å². The molecule has 1 aliphatic rings. The number of amides is 1. The molecule has 0 heterocycles. The number of hydrogen-bond donors (Lipinski definition) is 3. The van der Waals surface area contributed by atoms with Crippen molar-refractivity contribution < 1.29 is 23.1 Å². The van der Waals surface area contributed by atoms with E-state index >= 15 is 0 Å². The highest BCUT2D eigenvalue weighted by atomic mass is 19.4. The smallest absolute Gasteiger partial charge is 0.398 e. The second-order valence-corrected chi connectivity index (χ2v) is 5.23. The van der Waals surface area contributed by atoms with Crippen molar-refractivity contribution in [1.82, 2.24) is 5.32 Å². The van der Waals surface area contributed by atoms with Gasteiger partial charge in [-0.2, -0.15) is 13.2 Å². The van der Waals surface area contributed by atoms with Crippen LogP contribution in [0, 0.1) is 0 Å². The molecule has 0 radical (unpaired) electrons. The molecule has 2 atom stereocenters. The zero-order valence-electron chi connectivity index (χ0n) is 11.3. The molecule has 21 heavy (non-hydrogen) atoms. The maximum absolute atomic E-state index is 12.8. The quantitative estimate of drug-likeness (QED) is 0.734. The van der Waals surface area contributed by atoms with E-state index in [1.807, 2.05) is 0 Å². The van der Waals surface area contributed by atoms with E-state index in [-0.39, 0.29) is 5.56 Å². The number of rotatable bonds is 2. The first-order valence-corrected chi connectivity index (χ1v) is 6.74. The van der Waals surface area contributed by atoms with Gasteiger partial charge >= 0.3 is 6.18 Å². The SMILES string of the molecule is Nc1ccc(C(=O)NC2CCCCC2O)cc1C(F)(F)F. The Morgan fingerprint density at radius 1 is 1.29 bits per heavy atom. The van der Waals surface area contributed by atoms with Crippen molar-refractivity contribution in [3.63, 3.8) is 0 Å². The molecule has 0 aromatic heterocycles. The van der Waals surface area contributed by atoms with Gasteiger partial charge in [-0.05, 0) is 31.0 Å². The zero-order valence-corrected chi connectivity index (χ0v) is 11.3. The number of hydrogen-bond acceptors (Lipinski definition) is 3. The van der Waals surface area contributed by atoms with Gasteiger partial charge < -0.3 is 16.2 Å². The standard InChI is InChI=1S/C14H17F3N2O2/c15-14(16,17)9-7-8(5-6-10(9)18)13(21)19-11-3-1-2-4-12(11)20/h5-7,11-12,20H,1-4,18H2,(H,19,21). The Balaban J connectivity index is 2.16. The molecule has 4 nitrogen and oxygen atoms in total. The van der Waals surface area contributed by atoms with Crippen LogP contribution >= 0.6 is 0 Å². The summed E-state index contributed by atoms with van der Waals surface area (Å²) in [6, 6.07) is 2.63. The minimum Gasteiger partial charge on any atom is -0.398 e. The van der Waals surface area contributed by atoms with Crippen LogP contribution in [0.2, 0.25) is 0 Å². The average molecular weight is 302 g/mol. The van der Waals surface area contributed by atoms with Gasteiger partial charge in [-0.15, -0.1) is 0 Å². The van der Waals surface area contributed by atoms with Gasteiger partial charge in [-0.25, -0.2) is 0 Å². The van der Waals surface area contributed by atoms with Gasteiger partial charge in [0.2, 0.25) is 0 Å². The van der Waals surface area contributed by atoms with Crippen LogP contribution < -0.4 is 11.1 Å². The van der Waals surface area contributed by atoms with Crippen molar-refractivity contribution in [2.24, 2.45) is 0 Å². The summed E-state index contributed by atoms with van der Waals surface area (Å²) in [6.07, 6.45) is -2.30. The molecule has 2 unspecified atom stereocenters. The zero-order chi connectivity index (χ0) is 15.6. The number of aliphatic hydroxyl groups excluding tert-OH is 1. The summed E-state index contributed by atoms with van der Waals surface area (Å²) in [7, 11) is 0. The monoisotopic (exact) mass is 302 g/mol. The molecule has 0 aliphatic heterocycles. The molecule has 4 N–H and O–H groups in total. The largest absolute Gasteiger partial charge is 0.418 e. The van der Waals surface area contributed by atoms with Crippen LogP contribution in [0.15, 0.2) is 18.2 Å². The molecule has 7 heteroatoms. The van der Waals surface area contributed by atoms with E-state index in [2.05, 4.69) is 5.32 Å². The molecule has 1 amide bonds. The summed E-state index contributed by atoms with van der Waals surface area (Å²) in [6.45, 7) is 0. The van der Waals surface area contributed by atoms with Crippen molar-refractivity contribution in [3.05, 3.63) is 29.3 Å². The summed E-state index contributed by atoms with van der Waals surface area (Å²) in [5.74, 6) is -0.633. The second-order valence-electron chi connectivity index (χ2n) is 5.23. The van der Waals surface area contributed by atoms with Gasteiger partial charge in [-0.3, -0.25) is 4.79 Å². The molecule has 116 valence electrons. The van der Waals surface area contributed by atoms with Crippen molar-refractivity contribution in [1.29, 1.82) is 0 Å². The lowest BCUT2D eigenvalue weighted by molar-refractivity contribution is -0.136. The van der Waals surface area contributed by atoms with Crippen molar-refractivity contribution in [3.8, 4) is 0 Å². The van der Waals surface area contributed by atoms with E-state index in [1.54, 1.807) is 0 Å². The highest BCUT2D eigenvalue weighted by Crippen LogP contribution is 2.34. The van der Waals surface area contributed by atoms with Crippen molar-refractivity contribution in [2.45, 2.75) is 44.0 Å². The fourth-order valence-corrected chi connectivity index (χ4v) is 2.47. The number of alkyl halides is 3. The Labute approximate surface area is 120 Å².